The smallest absolute Gasteiger partial charge is 0.123 e. The van der Waals surface area contributed by atoms with Crippen LogP contribution in [0, 0.1) is 5.41 Å². The molecule has 1 saturated heterocycles. The van der Waals surface area contributed by atoms with E-state index in [1.807, 2.05) is 12.1 Å². The molecule has 0 bridgehead atoms. The van der Waals surface area contributed by atoms with Gasteiger partial charge in [0.25, 0.3) is 0 Å². The van der Waals surface area contributed by atoms with Crippen LogP contribution < -0.4 is 15.4 Å². The zero-order valence-corrected chi connectivity index (χ0v) is 14.9. The molecule has 0 aromatic heterocycles. The first-order valence-electron chi connectivity index (χ1n) is 8.73. The van der Waals surface area contributed by atoms with Crippen molar-refractivity contribution < 1.29 is 4.74 Å². The lowest BCUT2D eigenvalue weighted by molar-refractivity contribution is 0.171. The number of rotatable bonds is 5. The van der Waals surface area contributed by atoms with Crippen LogP contribution in [0.15, 0.2) is 54.6 Å². The normalized spacial score (nSPS) is 23.0. The molecule has 24 heavy (non-hydrogen) atoms. The fraction of sp³-hybridized carbons (Fsp3) is 0.429. The topological polar surface area (TPSA) is 33.3 Å². The van der Waals surface area contributed by atoms with E-state index in [9.17, 15) is 0 Å². The zero-order chi connectivity index (χ0) is 17.0. The van der Waals surface area contributed by atoms with Crippen molar-refractivity contribution in [1.82, 2.24) is 10.6 Å². The molecule has 1 fully saturated rings. The minimum Gasteiger partial charge on any atom is -0.496 e. The lowest BCUT2D eigenvalue weighted by Crippen LogP contribution is -2.52. The predicted octanol–water partition coefficient (Wildman–Crippen LogP) is 3.91. The third-order valence-electron chi connectivity index (χ3n) is 4.88. The van der Waals surface area contributed by atoms with E-state index in [-0.39, 0.29) is 0 Å². The van der Waals surface area contributed by atoms with Crippen molar-refractivity contribution >= 4 is 0 Å². The lowest BCUT2D eigenvalue weighted by atomic mass is 9.78. The number of benzene rings is 2. The second-order valence-corrected chi connectivity index (χ2v) is 7.44. The molecule has 0 spiro atoms. The first-order chi connectivity index (χ1) is 11.6. The molecule has 2 atom stereocenters. The van der Waals surface area contributed by atoms with Crippen LogP contribution in [0.4, 0.5) is 0 Å². The van der Waals surface area contributed by atoms with Crippen molar-refractivity contribution in [3.63, 3.8) is 0 Å². The van der Waals surface area contributed by atoms with E-state index in [1.54, 1.807) is 7.11 Å². The van der Waals surface area contributed by atoms with Crippen molar-refractivity contribution in [2.45, 2.75) is 38.9 Å². The van der Waals surface area contributed by atoms with Gasteiger partial charge in [-0.1, -0.05) is 62.4 Å². The number of nitrogens with one attached hydrogen (secondary N) is 2. The molecule has 1 heterocycles. The van der Waals surface area contributed by atoms with Gasteiger partial charge in [-0.2, -0.15) is 0 Å². The van der Waals surface area contributed by atoms with Crippen LogP contribution in [0.5, 0.6) is 5.75 Å². The molecule has 128 valence electrons. The Hall–Kier alpha value is -1.84. The summed E-state index contributed by atoms with van der Waals surface area (Å²) in [5.41, 5.74) is 2.85. The van der Waals surface area contributed by atoms with Gasteiger partial charge in [0.1, 0.15) is 5.75 Å². The third-order valence-corrected chi connectivity index (χ3v) is 4.88. The van der Waals surface area contributed by atoms with Crippen molar-refractivity contribution in [2.75, 3.05) is 13.7 Å². The minimum absolute atomic E-state index is 0.295. The molecule has 1 aliphatic rings. The Kier molecular flexibility index (Phi) is 5.22. The zero-order valence-electron chi connectivity index (χ0n) is 14.9. The molecule has 2 unspecified atom stereocenters. The van der Waals surface area contributed by atoms with Gasteiger partial charge in [-0.05, 0) is 23.5 Å². The van der Waals surface area contributed by atoms with E-state index in [1.165, 1.54) is 11.1 Å². The van der Waals surface area contributed by atoms with Crippen LogP contribution in [0.1, 0.15) is 37.4 Å². The highest BCUT2D eigenvalue weighted by Crippen LogP contribution is 2.33. The molecule has 0 aliphatic carbocycles. The Morgan fingerprint density at radius 1 is 1.08 bits per heavy atom. The van der Waals surface area contributed by atoms with Crippen molar-refractivity contribution in [1.29, 1.82) is 0 Å². The first kappa shape index (κ1) is 17.0. The highest BCUT2D eigenvalue weighted by molar-refractivity contribution is 5.33. The van der Waals surface area contributed by atoms with E-state index in [0.29, 0.717) is 17.5 Å². The fourth-order valence-corrected chi connectivity index (χ4v) is 3.60. The average molecular weight is 324 g/mol. The summed E-state index contributed by atoms with van der Waals surface area (Å²) in [4.78, 5) is 0. The molecule has 0 saturated carbocycles. The van der Waals surface area contributed by atoms with E-state index in [2.05, 4.69) is 66.9 Å². The standard InChI is InChI=1S/C21H28N2O/c1-21(2)13-18(20(23-15-21)16-9-5-4-6-10-16)22-14-17-11-7-8-12-19(17)24-3/h4-12,18,20,22-23H,13-15H2,1-3H3. The molecule has 3 rings (SSSR count). The van der Waals surface area contributed by atoms with E-state index in [4.69, 9.17) is 4.74 Å². The Balaban J connectivity index is 1.76. The van der Waals surface area contributed by atoms with Crippen LogP contribution in [0.3, 0.4) is 0 Å². The Bertz CT molecular complexity index is 654. The largest absolute Gasteiger partial charge is 0.496 e. The third kappa shape index (κ3) is 3.97. The Labute approximate surface area is 145 Å². The highest BCUT2D eigenvalue weighted by atomic mass is 16.5. The fourth-order valence-electron chi connectivity index (χ4n) is 3.60. The Morgan fingerprint density at radius 3 is 2.54 bits per heavy atom. The summed E-state index contributed by atoms with van der Waals surface area (Å²) < 4.78 is 5.48. The van der Waals surface area contributed by atoms with Crippen LogP contribution in [-0.4, -0.2) is 19.7 Å². The second-order valence-electron chi connectivity index (χ2n) is 7.44. The van der Waals surface area contributed by atoms with Gasteiger partial charge in [-0.3, -0.25) is 0 Å². The molecule has 2 aromatic carbocycles. The van der Waals surface area contributed by atoms with Gasteiger partial charge >= 0.3 is 0 Å². The Morgan fingerprint density at radius 2 is 1.79 bits per heavy atom. The summed E-state index contributed by atoms with van der Waals surface area (Å²) in [7, 11) is 1.73. The molecule has 2 N–H and O–H groups in total. The van der Waals surface area contributed by atoms with E-state index in [0.717, 1.165) is 25.3 Å². The SMILES string of the molecule is COc1ccccc1CNC1CC(C)(C)CNC1c1ccccc1. The van der Waals surface area contributed by atoms with E-state index < -0.39 is 0 Å². The maximum Gasteiger partial charge on any atom is 0.123 e. The molecule has 3 nitrogen and oxygen atoms in total. The minimum atomic E-state index is 0.295. The molecule has 0 radical (unpaired) electrons. The molecular weight excluding hydrogens is 296 g/mol. The van der Waals surface area contributed by atoms with Gasteiger partial charge in [0.05, 0.1) is 7.11 Å². The van der Waals surface area contributed by atoms with Gasteiger partial charge in [0.15, 0.2) is 0 Å². The van der Waals surface area contributed by atoms with Gasteiger partial charge in [-0.25, -0.2) is 0 Å². The second kappa shape index (κ2) is 7.37. The summed E-state index contributed by atoms with van der Waals surface area (Å²) in [6.07, 6.45) is 1.15. The molecule has 3 heteroatoms. The van der Waals surface area contributed by atoms with Crippen LogP contribution in [0.25, 0.3) is 0 Å². The maximum atomic E-state index is 5.48. The predicted molar refractivity (Wildman–Crippen MR) is 99.2 cm³/mol. The van der Waals surface area contributed by atoms with Crippen molar-refractivity contribution in [3.05, 3.63) is 65.7 Å². The van der Waals surface area contributed by atoms with Gasteiger partial charge < -0.3 is 15.4 Å². The summed E-state index contributed by atoms with van der Waals surface area (Å²) in [6.45, 7) is 6.52. The van der Waals surface area contributed by atoms with E-state index >= 15 is 0 Å². The number of hydrogen-bond donors (Lipinski definition) is 2. The maximum absolute atomic E-state index is 5.48. The molecule has 0 amide bonds. The highest BCUT2D eigenvalue weighted by Gasteiger charge is 2.35. The van der Waals surface area contributed by atoms with Crippen LogP contribution >= 0.6 is 0 Å². The molecule has 2 aromatic rings. The quantitative estimate of drug-likeness (QED) is 0.875. The number of piperidine rings is 1. The summed E-state index contributed by atoms with van der Waals surface area (Å²) in [5.74, 6) is 0.948. The summed E-state index contributed by atoms with van der Waals surface area (Å²) in [5, 5.41) is 7.52. The van der Waals surface area contributed by atoms with Crippen molar-refractivity contribution in [2.24, 2.45) is 5.41 Å². The number of para-hydroxylation sites is 1. The van der Waals surface area contributed by atoms with Crippen LogP contribution in [0.2, 0.25) is 0 Å². The summed E-state index contributed by atoms with van der Waals surface area (Å²) in [6, 6.07) is 19.7. The number of methoxy groups -OCH3 is 1. The summed E-state index contributed by atoms with van der Waals surface area (Å²) >= 11 is 0. The van der Waals surface area contributed by atoms with Crippen LogP contribution in [-0.2, 0) is 6.54 Å². The number of ether oxygens (including phenoxy) is 1. The van der Waals surface area contributed by atoms with Crippen molar-refractivity contribution in [3.8, 4) is 5.75 Å². The first-order valence-corrected chi connectivity index (χ1v) is 8.73. The number of hydrogen-bond acceptors (Lipinski definition) is 3. The average Bonchev–Trinajstić information content (AvgIpc) is 2.60. The van der Waals surface area contributed by atoms with Gasteiger partial charge in [0.2, 0.25) is 0 Å². The molecule has 1 aliphatic heterocycles. The van der Waals surface area contributed by atoms with Gasteiger partial charge in [-0.15, -0.1) is 0 Å². The lowest BCUT2D eigenvalue weighted by Gasteiger charge is -2.42. The monoisotopic (exact) mass is 324 g/mol. The molecular formula is C21H28N2O. The van der Waals surface area contributed by atoms with Gasteiger partial charge in [0, 0.05) is 30.7 Å².